The van der Waals surface area contributed by atoms with Gasteiger partial charge in [-0.3, -0.25) is 4.79 Å². The number of allylic oxidation sites excluding steroid dienone is 1. The Kier molecular flexibility index (Phi) is 5.32. The third kappa shape index (κ3) is 3.59. The number of rotatable bonds is 6. The number of sulfonamides is 1. The molecule has 1 saturated carbocycles. The molecule has 1 N–H and O–H groups in total. The van der Waals surface area contributed by atoms with Gasteiger partial charge in [-0.05, 0) is 47.1 Å². The molecule has 1 heterocycles. The van der Waals surface area contributed by atoms with Crippen LogP contribution in [0.1, 0.15) is 43.1 Å². The third-order valence-electron chi connectivity index (χ3n) is 6.53. The Morgan fingerprint density at radius 3 is 2.57 bits per heavy atom. The van der Waals surface area contributed by atoms with Gasteiger partial charge in [0.15, 0.2) is 0 Å². The second kappa shape index (κ2) is 7.67. The molecule has 4 rings (SSSR count). The number of amides is 1. The Bertz CT molecular complexity index is 1080. The highest BCUT2D eigenvalue weighted by Gasteiger charge is 2.60. The molecule has 2 aromatic carbocycles. The van der Waals surface area contributed by atoms with Crippen LogP contribution in [0, 0.1) is 17.3 Å². The maximum absolute atomic E-state index is 12.9. The Labute approximate surface area is 178 Å². The van der Waals surface area contributed by atoms with Gasteiger partial charge in [-0.2, -0.15) is 0 Å². The lowest BCUT2D eigenvalue weighted by Crippen LogP contribution is -2.40. The maximum Gasteiger partial charge on any atom is 0.264 e. The minimum Gasteiger partial charge on any atom is -0.368 e. The van der Waals surface area contributed by atoms with Crippen molar-refractivity contribution in [1.82, 2.24) is 4.72 Å². The van der Waals surface area contributed by atoms with E-state index in [9.17, 15) is 13.2 Å². The van der Waals surface area contributed by atoms with E-state index in [4.69, 9.17) is 4.74 Å². The number of hydrogen-bond donors (Lipinski definition) is 1. The van der Waals surface area contributed by atoms with Crippen LogP contribution in [0.3, 0.4) is 0 Å². The Hall–Kier alpha value is -2.44. The molecule has 3 atom stereocenters. The van der Waals surface area contributed by atoms with Crippen LogP contribution in [0.15, 0.2) is 66.1 Å². The van der Waals surface area contributed by atoms with Crippen LogP contribution in [-0.4, -0.2) is 14.3 Å². The zero-order valence-corrected chi connectivity index (χ0v) is 18.1. The minimum absolute atomic E-state index is 0.0135. The Balaban J connectivity index is 1.53. The van der Waals surface area contributed by atoms with Crippen LogP contribution in [0.4, 0.5) is 0 Å². The standard InChI is InChI=1S/C24H27NO4S/c1-4-20-14-24(20,16(2)3)23(26)25-30(27,28)21-11-10-18-13-22(29-15-19(18)12-21)17-8-6-5-7-9-17/h4-12,16,20,22H,1,13-15H2,2-3H3,(H,25,26)/t20-,22?,24-/m1/s1. The van der Waals surface area contributed by atoms with Crippen LogP contribution in [-0.2, 0) is 32.6 Å². The summed E-state index contributed by atoms with van der Waals surface area (Å²) in [6.45, 7) is 7.98. The van der Waals surface area contributed by atoms with Gasteiger partial charge < -0.3 is 4.74 Å². The van der Waals surface area contributed by atoms with Gasteiger partial charge in [0.05, 0.1) is 23.0 Å². The Morgan fingerprint density at radius 1 is 1.20 bits per heavy atom. The van der Waals surface area contributed by atoms with Crippen molar-refractivity contribution < 1.29 is 17.9 Å². The average molecular weight is 426 g/mol. The van der Waals surface area contributed by atoms with Gasteiger partial charge in [0.1, 0.15) is 0 Å². The molecule has 30 heavy (non-hydrogen) atoms. The number of fused-ring (bicyclic) bond motifs is 1. The van der Waals surface area contributed by atoms with Gasteiger partial charge in [0.2, 0.25) is 5.91 Å². The summed E-state index contributed by atoms with van der Waals surface area (Å²) < 4.78 is 34.1. The molecule has 1 aliphatic carbocycles. The molecular weight excluding hydrogens is 398 g/mol. The molecule has 2 aliphatic rings. The fraction of sp³-hybridized carbons (Fsp3) is 0.375. The summed E-state index contributed by atoms with van der Waals surface area (Å²) in [4.78, 5) is 12.9. The normalized spacial score (nSPS) is 25.4. The highest BCUT2D eigenvalue weighted by atomic mass is 32.2. The number of hydrogen-bond acceptors (Lipinski definition) is 4. The van der Waals surface area contributed by atoms with E-state index < -0.39 is 21.3 Å². The van der Waals surface area contributed by atoms with Crippen molar-refractivity contribution in [3.8, 4) is 0 Å². The lowest BCUT2D eigenvalue weighted by molar-refractivity contribution is -0.126. The van der Waals surface area contributed by atoms with Crippen LogP contribution in [0.25, 0.3) is 0 Å². The van der Waals surface area contributed by atoms with E-state index in [1.807, 2.05) is 50.2 Å². The molecule has 2 aromatic rings. The summed E-state index contributed by atoms with van der Waals surface area (Å²) in [5.74, 6) is -0.400. The van der Waals surface area contributed by atoms with Crippen molar-refractivity contribution in [2.24, 2.45) is 17.3 Å². The molecule has 0 saturated heterocycles. The van der Waals surface area contributed by atoms with Gasteiger partial charge in [0, 0.05) is 6.42 Å². The molecule has 0 spiro atoms. The van der Waals surface area contributed by atoms with Crippen molar-refractivity contribution >= 4 is 15.9 Å². The van der Waals surface area contributed by atoms with E-state index in [-0.39, 0.29) is 22.8 Å². The number of nitrogens with one attached hydrogen (secondary N) is 1. The molecule has 0 radical (unpaired) electrons. The summed E-state index contributed by atoms with van der Waals surface area (Å²) in [7, 11) is -3.96. The van der Waals surface area contributed by atoms with E-state index in [0.717, 1.165) is 16.7 Å². The fourth-order valence-corrected chi connectivity index (χ4v) is 5.59. The Morgan fingerprint density at radius 2 is 1.93 bits per heavy atom. The first-order chi connectivity index (χ1) is 14.3. The van der Waals surface area contributed by atoms with Gasteiger partial charge >= 0.3 is 0 Å². The second-order valence-electron chi connectivity index (χ2n) is 8.52. The number of carbonyl (C=O) groups is 1. The van der Waals surface area contributed by atoms with Gasteiger partial charge in [-0.15, -0.1) is 6.58 Å². The number of benzene rings is 2. The summed E-state index contributed by atoms with van der Waals surface area (Å²) >= 11 is 0. The van der Waals surface area contributed by atoms with Gasteiger partial charge in [-0.25, -0.2) is 13.1 Å². The highest BCUT2D eigenvalue weighted by molar-refractivity contribution is 7.90. The monoisotopic (exact) mass is 425 g/mol. The van der Waals surface area contributed by atoms with Crippen molar-refractivity contribution in [3.05, 3.63) is 77.9 Å². The third-order valence-corrected chi connectivity index (χ3v) is 7.86. The smallest absolute Gasteiger partial charge is 0.264 e. The van der Waals surface area contributed by atoms with Crippen LogP contribution >= 0.6 is 0 Å². The molecule has 5 nitrogen and oxygen atoms in total. The second-order valence-corrected chi connectivity index (χ2v) is 10.2. The van der Waals surface area contributed by atoms with E-state index >= 15 is 0 Å². The molecule has 6 heteroatoms. The van der Waals surface area contributed by atoms with E-state index in [1.54, 1.807) is 18.2 Å². The van der Waals surface area contributed by atoms with E-state index in [2.05, 4.69) is 11.3 Å². The molecular formula is C24H27NO4S. The lowest BCUT2D eigenvalue weighted by atomic mass is 9.89. The molecule has 1 amide bonds. The van der Waals surface area contributed by atoms with Crippen molar-refractivity contribution in [1.29, 1.82) is 0 Å². The van der Waals surface area contributed by atoms with E-state index in [1.165, 1.54) is 0 Å². The molecule has 1 fully saturated rings. The first kappa shape index (κ1) is 20.8. The molecule has 0 bridgehead atoms. The van der Waals surface area contributed by atoms with Crippen molar-refractivity contribution in [2.45, 2.75) is 44.3 Å². The minimum atomic E-state index is -3.96. The van der Waals surface area contributed by atoms with Crippen molar-refractivity contribution in [3.63, 3.8) is 0 Å². The maximum atomic E-state index is 12.9. The first-order valence-electron chi connectivity index (χ1n) is 10.3. The summed E-state index contributed by atoms with van der Waals surface area (Å²) in [5.41, 5.74) is 2.32. The highest BCUT2D eigenvalue weighted by Crippen LogP contribution is 2.58. The zero-order chi connectivity index (χ0) is 21.5. The van der Waals surface area contributed by atoms with Gasteiger partial charge in [-0.1, -0.05) is 56.3 Å². The van der Waals surface area contributed by atoms with Crippen molar-refractivity contribution in [2.75, 3.05) is 0 Å². The largest absolute Gasteiger partial charge is 0.368 e. The van der Waals surface area contributed by atoms with Gasteiger partial charge in [0.25, 0.3) is 10.0 Å². The lowest BCUT2D eigenvalue weighted by Gasteiger charge is -2.26. The molecule has 1 unspecified atom stereocenters. The number of ether oxygens (including phenoxy) is 1. The first-order valence-corrected chi connectivity index (χ1v) is 11.7. The van der Waals surface area contributed by atoms with Crippen LogP contribution in [0.2, 0.25) is 0 Å². The molecule has 1 aliphatic heterocycles. The summed E-state index contributed by atoms with van der Waals surface area (Å²) in [5, 5.41) is 0. The summed E-state index contributed by atoms with van der Waals surface area (Å²) in [6.07, 6.45) is 3.02. The van der Waals surface area contributed by atoms with E-state index in [0.29, 0.717) is 19.4 Å². The quantitative estimate of drug-likeness (QED) is 0.706. The number of carbonyl (C=O) groups excluding carboxylic acids is 1. The predicted octanol–water partition coefficient (Wildman–Crippen LogP) is 4.15. The van der Waals surface area contributed by atoms with Crippen LogP contribution < -0.4 is 4.72 Å². The molecule has 158 valence electrons. The topological polar surface area (TPSA) is 72.5 Å². The average Bonchev–Trinajstić information content (AvgIpc) is 3.50. The summed E-state index contributed by atoms with van der Waals surface area (Å²) in [6, 6.07) is 15.0. The molecule has 0 aromatic heterocycles. The van der Waals surface area contributed by atoms with Crippen LogP contribution in [0.5, 0.6) is 0 Å². The predicted molar refractivity (Wildman–Crippen MR) is 115 cm³/mol. The zero-order valence-electron chi connectivity index (χ0n) is 17.3. The SMILES string of the molecule is C=C[C@@H]1C[C@@]1(C(=O)NS(=O)(=O)c1ccc2c(c1)COC(c1ccccc1)C2)C(C)C. The fourth-order valence-electron chi connectivity index (χ4n) is 4.50.